The monoisotopic (exact) mass is 185 g/mol. The van der Waals surface area contributed by atoms with Gasteiger partial charge in [0.2, 0.25) is 9.04 Å². The van der Waals surface area contributed by atoms with Gasteiger partial charge in [-0.2, -0.15) is 0 Å². The van der Waals surface area contributed by atoms with Crippen LogP contribution in [0.1, 0.15) is 39.5 Å². The summed E-state index contributed by atoms with van der Waals surface area (Å²) in [5, 5.41) is 0. The number of fused-ring (bicyclic) bond motifs is 1. The van der Waals surface area contributed by atoms with Crippen molar-refractivity contribution in [1.82, 2.24) is 0 Å². The van der Waals surface area contributed by atoms with Gasteiger partial charge in [-0.15, -0.1) is 0 Å². The molecule has 2 aliphatic heterocycles. The Bertz CT molecular complexity index is 158. The average Bonchev–Trinajstić information content (AvgIpc) is 2.42. The summed E-state index contributed by atoms with van der Waals surface area (Å²) in [6.45, 7) is 4.22. The van der Waals surface area contributed by atoms with Crippen LogP contribution in [0, 0.1) is 0 Å². The zero-order valence-corrected chi connectivity index (χ0v) is 8.93. The van der Waals surface area contributed by atoms with Crippen LogP contribution in [0.3, 0.4) is 0 Å². The van der Waals surface area contributed by atoms with Gasteiger partial charge < -0.3 is 9.16 Å². The minimum atomic E-state index is -0.594. The van der Waals surface area contributed by atoms with Crippen molar-refractivity contribution in [2.24, 2.45) is 0 Å². The maximum atomic E-state index is 5.98. The molecular formula is C9H17O2Si. The second-order valence-corrected chi connectivity index (χ2v) is 6.19. The van der Waals surface area contributed by atoms with Crippen LogP contribution < -0.4 is 0 Å². The fraction of sp³-hybridized carbons (Fsp3) is 1.00. The molecule has 0 amide bonds. The van der Waals surface area contributed by atoms with Crippen molar-refractivity contribution >= 4 is 9.04 Å². The third-order valence-electron chi connectivity index (χ3n) is 2.88. The van der Waals surface area contributed by atoms with Gasteiger partial charge in [0.1, 0.15) is 0 Å². The third-order valence-corrected chi connectivity index (χ3v) is 5.54. The smallest absolute Gasteiger partial charge is 0.245 e. The second-order valence-electron chi connectivity index (χ2n) is 3.91. The van der Waals surface area contributed by atoms with Crippen molar-refractivity contribution < 1.29 is 9.16 Å². The lowest BCUT2D eigenvalue weighted by molar-refractivity contribution is -0.144. The molecule has 0 N–H and O–H groups in total. The molecule has 0 aromatic rings. The molecule has 2 heterocycles. The van der Waals surface area contributed by atoms with Crippen LogP contribution >= 0.6 is 0 Å². The van der Waals surface area contributed by atoms with E-state index in [-0.39, 0.29) is 5.79 Å². The largest absolute Gasteiger partial charge is 0.387 e. The highest BCUT2D eigenvalue weighted by Gasteiger charge is 2.45. The van der Waals surface area contributed by atoms with Gasteiger partial charge in [0.05, 0.1) is 5.73 Å². The molecule has 2 fully saturated rings. The van der Waals surface area contributed by atoms with Crippen molar-refractivity contribution in [3.8, 4) is 0 Å². The zero-order chi connectivity index (χ0) is 8.60. The van der Waals surface area contributed by atoms with Crippen LogP contribution in [0.2, 0.25) is 6.04 Å². The Morgan fingerprint density at radius 3 is 3.00 bits per heavy atom. The average molecular weight is 185 g/mol. The second kappa shape index (κ2) is 3.12. The summed E-state index contributed by atoms with van der Waals surface area (Å²) in [5.41, 5.74) is 0.494. The Morgan fingerprint density at radius 2 is 2.33 bits per heavy atom. The molecular weight excluding hydrogens is 168 g/mol. The maximum Gasteiger partial charge on any atom is 0.245 e. The van der Waals surface area contributed by atoms with Gasteiger partial charge in [0.25, 0.3) is 0 Å². The van der Waals surface area contributed by atoms with E-state index in [0.29, 0.717) is 5.73 Å². The summed E-state index contributed by atoms with van der Waals surface area (Å²) in [5.74, 6) is -0.233. The maximum absolute atomic E-state index is 5.98. The molecule has 0 bridgehead atoms. The predicted molar refractivity (Wildman–Crippen MR) is 49.1 cm³/mol. The molecule has 0 aliphatic carbocycles. The first-order valence-electron chi connectivity index (χ1n) is 4.96. The van der Waals surface area contributed by atoms with Crippen LogP contribution in [-0.2, 0) is 9.16 Å². The number of ether oxygens (including phenoxy) is 1. The summed E-state index contributed by atoms with van der Waals surface area (Å²) in [7, 11) is -0.594. The van der Waals surface area contributed by atoms with Gasteiger partial charge in [0.15, 0.2) is 5.79 Å². The highest BCUT2D eigenvalue weighted by molar-refractivity contribution is 6.54. The first-order chi connectivity index (χ1) is 5.73. The van der Waals surface area contributed by atoms with E-state index in [9.17, 15) is 0 Å². The topological polar surface area (TPSA) is 18.5 Å². The van der Waals surface area contributed by atoms with E-state index in [1.165, 1.54) is 25.3 Å². The standard InChI is InChI=1S/C9H17O2Si/c1-3-9(2)10-8-6-4-5-7-12(8)11-9/h8H,3-7H2,1-2H3. The molecule has 2 aliphatic rings. The first kappa shape index (κ1) is 8.72. The molecule has 0 saturated carbocycles. The van der Waals surface area contributed by atoms with Crippen LogP contribution in [0.15, 0.2) is 0 Å². The Balaban J connectivity index is 2.02. The quantitative estimate of drug-likeness (QED) is 0.583. The summed E-state index contributed by atoms with van der Waals surface area (Å²) in [6, 6.07) is 1.30. The molecule has 1 radical (unpaired) electrons. The number of rotatable bonds is 1. The highest BCUT2D eigenvalue weighted by atomic mass is 28.3. The minimum absolute atomic E-state index is 0.233. The molecule has 0 aromatic carbocycles. The Kier molecular flexibility index (Phi) is 2.27. The first-order valence-corrected chi connectivity index (χ1v) is 6.65. The van der Waals surface area contributed by atoms with Crippen LogP contribution in [0.4, 0.5) is 0 Å². The summed E-state index contributed by atoms with van der Waals surface area (Å²) >= 11 is 0. The van der Waals surface area contributed by atoms with E-state index in [0.717, 1.165) is 6.42 Å². The molecule has 0 spiro atoms. The lowest BCUT2D eigenvalue weighted by Crippen LogP contribution is -2.30. The van der Waals surface area contributed by atoms with E-state index in [4.69, 9.17) is 9.16 Å². The lowest BCUT2D eigenvalue weighted by atomic mass is 10.2. The van der Waals surface area contributed by atoms with Gasteiger partial charge >= 0.3 is 0 Å². The molecule has 0 aromatic heterocycles. The van der Waals surface area contributed by atoms with E-state index in [1.54, 1.807) is 0 Å². The fourth-order valence-electron chi connectivity index (χ4n) is 1.95. The molecule has 2 atom stereocenters. The predicted octanol–water partition coefficient (Wildman–Crippen LogP) is 2.24. The molecule has 3 heteroatoms. The van der Waals surface area contributed by atoms with Gasteiger partial charge in [0, 0.05) is 0 Å². The van der Waals surface area contributed by atoms with Crippen molar-refractivity contribution in [3.05, 3.63) is 0 Å². The highest BCUT2D eigenvalue weighted by Crippen LogP contribution is 2.36. The molecule has 2 saturated heterocycles. The van der Waals surface area contributed by atoms with Crippen molar-refractivity contribution in [1.29, 1.82) is 0 Å². The van der Waals surface area contributed by atoms with Gasteiger partial charge in [-0.1, -0.05) is 19.8 Å². The molecule has 69 valence electrons. The minimum Gasteiger partial charge on any atom is -0.387 e. The van der Waals surface area contributed by atoms with E-state index >= 15 is 0 Å². The van der Waals surface area contributed by atoms with E-state index in [1.807, 2.05) is 0 Å². The number of hydrogen-bond acceptors (Lipinski definition) is 2. The van der Waals surface area contributed by atoms with E-state index in [2.05, 4.69) is 13.8 Å². The van der Waals surface area contributed by atoms with Crippen LogP contribution in [0.5, 0.6) is 0 Å². The zero-order valence-electron chi connectivity index (χ0n) is 7.93. The van der Waals surface area contributed by atoms with Crippen molar-refractivity contribution in [2.45, 2.75) is 57.1 Å². The van der Waals surface area contributed by atoms with Crippen LogP contribution in [-0.4, -0.2) is 20.6 Å². The summed E-state index contributed by atoms with van der Waals surface area (Å²) in [6.07, 6.45) is 4.91. The number of hydrogen-bond donors (Lipinski definition) is 0. The summed E-state index contributed by atoms with van der Waals surface area (Å²) in [4.78, 5) is 0. The van der Waals surface area contributed by atoms with Gasteiger partial charge in [-0.3, -0.25) is 0 Å². The molecule has 2 rings (SSSR count). The molecule has 2 unspecified atom stereocenters. The lowest BCUT2D eigenvalue weighted by Gasteiger charge is -2.21. The summed E-state index contributed by atoms with van der Waals surface area (Å²) < 4.78 is 11.9. The normalized spacial score (nSPS) is 43.0. The third kappa shape index (κ3) is 1.45. The Morgan fingerprint density at radius 1 is 1.50 bits per heavy atom. The van der Waals surface area contributed by atoms with E-state index < -0.39 is 9.04 Å². The van der Waals surface area contributed by atoms with Crippen molar-refractivity contribution in [2.75, 3.05) is 0 Å². The van der Waals surface area contributed by atoms with Gasteiger partial charge in [-0.25, -0.2) is 0 Å². The molecule has 2 nitrogen and oxygen atoms in total. The van der Waals surface area contributed by atoms with Crippen LogP contribution in [0.25, 0.3) is 0 Å². The fourth-order valence-corrected chi connectivity index (χ4v) is 4.76. The van der Waals surface area contributed by atoms with Crippen molar-refractivity contribution in [3.63, 3.8) is 0 Å². The molecule has 12 heavy (non-hydrogen) atoms. The Hall–Kier alpha value is 0.137. The Labute approximate surface area is 76.0 Å². The van der Waals surface area contributed by atoms with Gasteiger partial charge in [-0.05, 0) is 25.8 Å². The SMILES string of the molecule is CCC1(C)OC2CCCC[Si]2O1.